The monoisotopic (exact) mass is 421 g/mol. The van der Waals surface area contributed by atoms with E-state index in [9.17, 15) is 28.7 Å². The van der Waals surface area contributed by atoms with Crippen LogP contribution in [0.2, 0.25) is 0 Å². The molecule has 3 rings (SSSR count). The van der Waals surface area contributed by atoms with Gasteiger partial charge in [-0.25, -0.2) is 9.18 Å². The van der Waals surface area contributed by atoms with E-state index < -0.39 is 54.0 Å². The number of rotatable bonds is 6. The lowest BCUT2D eigenvalue weighted by Crippen LogP contribution is -2.38. The van der Waals surface area contributed by atoms with Crippen molar-refractivity contribution in [3.05, 3.63) is 68.2 Å². The fraction of sp³-hybridized carbons (Fsp3) is 0.368. The Balaban J connectivity index is 1.79. The van der Waals surface area contributed by atoms with Gasteiger partial charge in [0.1, 0.15) is 29.8 Å². The molecule has 3 atom stereocenters. The third-order valence-corrected chi connectivity index (χ3v) is 4.57. The predicted octanol–water partition coefficient (Wildman–Crippen LogP) is -0.183. The molecule has 30 heavy (non-hydrogen) atoms. The summed E-state index contributed by atoms with van der Waals surface area (Å²) in [7, 11) is 0. The average Bonchev–Trinajstić information content (AvgIpc) is 3.09. The van der Waals surface area contributed by atoms with E-state index in [4.69, 9.17) is 9.47 Å². The van der Waals surface area contributed by atoms with Gasteiger partial charge in [0.15, 0.2) is 0 Å². The van der Waals surface area contributed by atoms with E-state index in [1.807, 2.05) is 0 Å². The Morgan fingerprint density at radius 1 is 1.33 bits per heavy atom. The number of benzene rings is 1. The standard InChI is InChI=1S/C19H20FN3O7/c1-10(25)29-14-6-16(30-15(14)9-24)23-8-13(18(27)22-19(23)28)17(26)21-7-11-2-4-12(20)5-3-11/h2-5,8,14-16,24H,6-7,9H2,1H3,(H,21,26)(H,22,27,28)/t14?,15-,16-/m0/s1. The molecule has 11 heteroatoms. The minimum atomic E-state index is -0.959. The van der Waals surface area contributed by atoms with Gasteiger partial charge in [0.05, 0.1) is 6.61 Å². The Bertz CT molecular complexity index is 1050. The van der Waals surface area contributed by atoms with E-state index in [0.717, 1.165) is 10.8 Å². The van der Waals surface area contributed by atoms with Gasteiger partial charge in [-0.1, -0.05) is 12.1 Å². The van der Waals surface area contributed by atoms with Crippen LogP contribution in [-0.4, -0.2) is 45.3 Å². The number of aromatic nitrogens is 2. The number of ether oxygens (including phenoxy) is 2. The van der Waals surface area contributed by atoms with E-state index in [0.29, 0.717) is 5.56 Å². The quantitative estimate of drug-likeness (QED) is 0.550. The highest BCUT2D eigenvalue weighted by molar-refractivity contribution is 5.93. The maximum atomic E-state index is 13.0. The van der Waals surface area contributed by atoms with Crippen LogP contribution in [0.25, 0.3) is 0 Å². The van der Waals surface area contributed by atoms with E-state index in [1.54, 1.807) is 0 Å². The summed E-state index contributed by atoms with van der Waals surface area (Å²) >= 11 is 0. The molecule has 0 aliphatic carbocycles. The van der Waals surface area contributed by atoms with Crippen LogP contribution >= 0.6 is 0 Å². The number of hydrogen-bond donors (Lipinski definition) is 3. The van der Waals surface area contributed by atoms with Crippen LogP contribution in [0.15, 0.2) is 40.1 Å². The second kappa shape index (κ2) is 9.01. The molecule has 1 unspecified atom stereocenters. The zero-order valence-electron chi connectivity index (χ0n) is 16.0. The molecule has 0 saturated carbocycles. The fourth-order valence-corrected chi connectivity index (χ4v) is 3.11. The van der Waals surface area contributed by atoms with Crippen molar-refractivity contribution in [3.8, 4) is 0 Å². The summed E-state index contributed by atoms with van der Waals surface area (Å²) in [5, 5.41) is 11.9. The van der Waals surface area contributed by atoms with E-state index >= 15 is 0 Å². The minimum absolute atomic E-state index is 0.0404. The second-order valence-corrected chi connectivity index (χ2v) is 6.71. The Hall–Kier alpha value is -3.31. The van der Waals surface area contributed by atoms with Gasteiger partial charge in [-0.15, -0.1) is 0 Å². The van der Waals surface area contributed by atoms with Crippen molar-refractivity contribution >= 4 is 11.9 Å². The number of nitrogens with zero attached hydrogens (tertiary/aromatic N) is 1. The molecule has 0 radical (unpaired) electrons. The van der Waals surface area contributed by atoms with Crippen molar-refractivity contribution in [2.45, 2.75) is 38.3 Å². The first-order valence-electron chi connectivity index (χ1n) is 9.10. The average molecular weight is 421 g/mol. The van der Waals surface area contributed by atoms with Crippen LogP contribution in [-0.2, 0) is 20.8 Å². The number of aliphatic hydroxyl groups excluding tert-OH is 1. The number of hydrogen-bond acceptors (Lipinski definition) is 7. The molecule has 2 aromatic rings. The van der Waals surface area contributed by atoms with Crippen molar-refractivity contribution in [3.63, 3.8) is 0 Å². The van der Waals surface area contributed by atoms with Gasteiger partial charge in [0, 0.05) is 26.1 Å². The predicted molar refractivity (Wildman–Crippen MR) is 100 cm³/mol. The molecule has 1 aliphatic rings. The van der Waals surface area contributed by atoms with E-state index in [1.165, 1.54) is 31.2 Å². The number of H-pyrrole nitrogens is 1. The number of aromatic amines is 1. The van der Waals surface area contributed by atoms with Gasteiger partial charge < -0.3 is 19.9 Å². The van der Waals surface area contributed by atoms with Crippen LogP contribution < -0.4 is 16.6 Å². The topological polar surface area (TPSA) is 140 Å². The molecule has 1 amide bonds. The molecule has 160 valence electrons. The number of aliphatic hydroxyl groups is 1. The number of nitrogens with one attached hydrogen (secondary N) is 2. The molecule has 2 heterocycles. The molecule has 1 aromatic heterocycles. The number of amides is 1. The fourth-order valence-electron chi connectivity index (χ4n) is 3.11. The van der Waals surface area contributed by atoms with Crippen molar-refractivity contribution in [1.82, 2.24) is 14.9 Å². The van der Waals surface area contributed by atoms with Gasteiger partial charge >= 0.3 is 11.7 Å². The van der Waals surface area contributed by atoms with Crippen LogP contribution in [0.5, 0.6) is 0 Å². The lowest BCUT2D eigenvalue weighted by atomic mass is 10.2. The summed E-state index contributed by atoms with van der Waals surface area (Å²) in [6.07, 6.45) is -1.50. The van der Waals surface area contributed by atoms with Crippen LogP contribution in [0, 0.1) is 5.82 Å². The molecule has 3 N–H and O–H groups in total. The molecule has 0 bridgehead atoms. The lowest BCUT2D eigenvalue weighted by Gasteiger charge is -2.15. The van der Waals surface area contributed by atoms with Gasteiger partial charge in [0.25, 0.3) is 11.5 Å². The molecule has 1 fully saturated rings. The number of halogens is 1. The summed E-state index contributed by atoms with van der Waals surface area (Å²) in [6, 6.07) is 5.45. The first kappa shape index (κ1) is 21.4. The largest absolute Gasteiger partial charge is 0.460 e. The smallest absolute Gasteiger partial charge is 0.330 e. The molecule has 0 spiro atoms. The third kappa shape index (κ3) is 4.81. The summed E-state index contributed by atoms with van der Waals surface area (Å²) in [6.45, 7) is 0.799. The maximum Gasteiger partial charge on any atom is 0.330 e. The SMILES string of the molecule is CC(=O)OC1C[C@@H](n2cc(C(=O)NCc3ccc(F)cc3)c(=O)[nH]c2=O)O[C@H]1CO. The van der Waals surface area contributed by atoms with Gasteiger partial charge in [-0.3, -0.25) is 23.9 Å². The van der Waals surface area contributed by atoms with Crippen molar-refractivity contribution in [2.75, 3.05) is 6.61 Å². The molecule has 1 aliphatic heterocycles. The van der Waals surface area contributed by atoms with Crippen molar-refractivity contribution in [1.29, 1.82) is 0 Å². The van der Waals surface area contributed by atoms with Crippen molar-refractivity contribution < 1.29 is 28.6 Å². The highest BCUT2D eigenvalue weighted by Gasteiger charge is 2.38. The summed E-state index contributed by atoms with van der Waals surface area (Å²) < 4.78 is 24.6. The van der Waals surface area contributed by atoms with Crippen LogP contribution in [0.1, 0.15) is 35.5 Å². The first-order valence-corrected chi connectivity index (χ1v) is 9.10. The van der Waals surface area contributed by atoms with Crippen molar-refractivity contribution in [2.24, 2.45) is 0 Å². The lowest BCUT2D eigenvalue weighted by molar-refractivity contribution is -0.150. The number of esters is 1. The number of carbonyl (C=O) groups excluding carboxylic acids is 2. The molecule has 1 saturated heterocycles. The normalized spacial score (nSPS) is 20.7. The molecule has 1 aromatic carbocycles. The zero-order chi connectivity index (χ0) is 21.8. The summed E-state index contributed by atoms with van der Waals surface area (Å²) in [4.78, 5) is 50.0. The first-order chi connectivity index (χ1) is 14.3. The van der Waals surface area contributed by atoms with E-state index in [2.05, 4.69) is 10.3 Å². The van der Waals surface area contributed by atoms with Gasteiger partial charge in [-0.2, -0.15) is 0 Å². The Kier molecular flexibility index (Phi) is 6.43. The molecular weight excluding hydrogens is 401 g/mol. The van der Waals surface area contributed by atoms with Crippen LogP contribution in [0.3, 0.4) is 0 Å². The van der Waals surface area contributed by atoms with Gasteiger partial charge in [-0.05, 0) is 17.7 Å². The summed E-state index contributed by atoms with van der Waals surface area (Å²) in [5.41, 5.74) is -1.43. The Morgan fingerprint density at radius 2 is 2.03 bits per heavy atom. The number of carbonyl (C=O) groups is 2. The zero-order valence-corrected chi connectivity index (χ0v) is 16.0. The highest BCUT2D eigenvalue weighted by Crippen LogP contribution is 2.29. The second-order valence-electron chi connectivity index (χ2n) is 6.71. The Labute approximate surface area is 169 Å². The molecular formula is C19H20FN3O7. The van der Waals surface area contributed by atoms with Gasteiger partial charge in [0.2, 0.25) is 0 Å². The summed E-state index contributed by atoms with van der Waals surface area (Å²) in [5.74, 6) is -1.74. The maximum absolute atomic E-state index is 13.0. The molecule has 10 nitrogen and oxygen atoms in total. The van der Waals surface area contributed by atoms with Crippen LogP contribution in [0.4, 0.5) is 4.39 Å². The minimum Gasteiger partial charge on any atom is -0.460 e. The Morgan fingerprint density at radius 3 is 2.67 bits per heavy atom. The third-order valence-electron chi connectivity index (χ3n) is 4.57. The highest BCUT2D eigenvalue weighted by atomic mass is 19.1. The van der Waals surface area contributed by atoms with E-state index in [-0.39, 0.29) is 18.5 Å².